The molecular weight excluding hydrogens is 565 g/mol. The number of hydrogen-bond donors (Lipinski definition) is 1. The van der Waals surface area contributed by atoms with Gasteiger partial charge in [0.2, 0.25) is 0 Å². The van der Waals surface area contributed by atoms with Crippen LogP contribution in [0.2, 0.25) is 0 Å². The fourth-order valence-electron chi connectivity index (χ4n) is 4.55. The van der Waals surface area contributed by atoms with Gasteiger partial charge in [-0.3, -0.25) is 0 Å². The van der Waals surface area contributed by atoms with Gasteiger partial charge in [0.1, 0.15) is 12.1 Å². The van der Waals surface area contributed by atoms with E-state index in [1.807, 2.05) is 69.3 Å². The maximum atomic E-state index is 13.1. The molecular formula is C30H29F3N6O2S. The van der Waals surface area contributed by atoms with Gasteiger partial charge in [0, 0.05) is 23.5 Å². The zero-order chi connectivity index (χ0) is 29.9. The van der Waals surface area contributed by atoms with E-state index in [1.54, 1.807) is 11.8 Å². The van der Waals surface area contributed by atoms with E-state index in [4.69, 9.17) is 0 Å². The van der Waals surface area contributed by atoms with E-state index in [2.05, 4.69) is 30.0 Å². The molecule has 12 heteroatoms. The van der Waals surface area contributed by atoms with Crippen molar-refractivity contribution in [2.45, 2.75) is 39.1 Å². The minimum atomic E-state index is -4.75. The average Bonchev–Trinajstić information content (AvgIpc) is 3.44. The van der Waals surface area contributed by atoms with Crippen molar-refractivity contribution in [2.75, 3.05) is 17.2 Å². The van der Waals surface area contributed by atoms with Crippen molar-refractivity contribution in [1.82, 2.24) is 20.1 Å². The molecule has 42 heavy (non-hydrogen) atoms. The highest BCUT2D eigenvalue weighted by Gasteiger charge is 2.31. The Balaban J connectivity index is 1.26. The largest absolute Gasteiger partial charge is 0.573 e. The number of aromatic nitrogens is 3. The normalized spacial score (nSPS) is 15.1. The van der Waals surface area contributed by atoms with Gasteiger partial charge >= 0.3 is 12.4 Å². The zero-order valence-electron chi connectivity index (χ0n) is 23.2. The molecule has 1 fully saturated rings. The second-order valence-corrected chi connectivity index (χ2v) is 11.3. The van der Waals surface area contributed by atoms with E-state index in [0.29, 0.717) is 16.7 Å². The first-order valence-corrected chi connectivity index (χ1v) is 14.2. The molecule has 0 unspecified atom stereocenters. The molecule has 1 aliphatic rings. The van der Waals surface area contributed by atoms with E-state index in [0.717, 1.165) is 41.1 Å². The lowest BCUT2D eigenvalue weighted by Crippen LogP contribution is -2.41. The van der Waals surface area contributed by atoms with E-state index in [9.17, 15) is 18.0 Å². The third-order valence-electron chi connectivity index (χ3n) is 6.70. The summed E-state index contributed by atoms with van der Waals surface area (Å²) >= 11 is 1.58. The number of nitrogens with one attached hydrogen (secondary N) is 1. The number of thioether (sulfide) groups is 1. The molecule has 0 spiro atoms. The van der Waals surface area contributed by atoms with Gasteiger partial charge in [-0.25, -0.2) is 14.5 Å². The van der Waals surface area contributed by atoms with Gasteiger partial charge in [0.05, 0.1) is 11.2 Å². The zero-order valence-corrected chi connectivity index (χ0v) is 24.0. The van der Waals surface area contributed by atoms with Crippen LogP contribution in [0.3, 0.4) is 0 Å². The second-order valence-electron chi connectivity index (χ2n) is 10.2. The topological polar surface area (TPSA) is 84.6 Å². The summed E-state index contributed by atoms with van der Waals surface area (Å²) in [7, 11) is 0. The van der Waals surface area contributed by atoms with Gasteiger partial charge in [-0.1, -0.05) is 54.2 Å². The van der Waals surface area contributed by atoms with Crippen molar-refractivity contribution in [3.63, 3.8) is 0 Å². The molecule has 8 nitrogen and oxygen atoms in total. The minimum absolute atomic E-state index is 0.315. The number of halogens is 3. The van der Waals surface area contributed by atoms with Gasteiger partial charge in [-0.15, -0.1) is 18.3 Å². The van der Waals surface area contributed by atoms with Gasteiger partial charge in [-0.2, -0.15) is 4.99 Å². The Labute approximate surface area is 245 Å². The van der Waals surface area contributed by atoms with Crippen LogP contribution in [0.1, 0.15) is 31.4 Å². The van der Waals surface area contributed by atoms with Crippen LogP contribution >= 0.6 is 11.8 Å². The SMILES string of the molecule is Cc1ccccc1N1CCCSC1=NC(=O)NC(C)(C)c1ccc(-c2ncn(-c3ccc(OC(F)(F)F)cc3)n2)cc1. The highest BCUT2D eigenvalue weighted by atomic mass is 32.2. The highest BCUT2D eigenvalue weighted by Crippen LogP contribution is 2.29. The number of rotatable bonds is 6. The number of aryl methyl sites for hydroxylation is 1. The molecule has 1 aromatic heterocycles. The monoisotopic (exact) mass is 594 g/mol. The molecule has 2 amide bonds. The lowest BCUT2D eigenvalue weighted by molar-refractivity contribution is -0.274. The first-order chi connectivity index (χ1) is 20.0. The summed E-state index contributed by atoms with van der Waals surface area (Å²) in [6.45, 7) is 6.67. The van der Waals surface area contributed by atoms with Gasteiger partial charge < -0.3 is 15.0 Å². The lowest BCUT2D eigenvalue weighted by atomic mass is 9.93. The summed E-state index contributed by atoms with van der Waals surface area (Å²) in [6.07, 6.45) is -2.26. The Morgan fingerprint density at radius 2 is 1.74 bits per heavy atom. The molecule has 0 saturated carbocycles. The van der Waals surface area contributed by atoms with Crippen LogP contribution < -0.4 is 15.0 Å². The number of hydrogen-bond acceptors (Lipinski definition) is 5. The minimum Gasteiger partial charge on any atom is -0.406 e. The van der Waals surface area contributed by atoms with Crippen LogP contribution in [-0.4, -0.2) is 44.6 Å². The van der Waals surface area contributed by atoms with E-state index in [-0.39, 0.29) is 5.75 Å². The smallest absolute Gasteiger partial charge is 0.406 e. The Kier molecular flexibility index (Phi) is 8.26. The summed E-state index contributed by atoms with van der Waals surface area (Å²) in [5, 5.41) is 8.16. The average molecular weight is 595 g/mol. The fraction of sp³-hybridized carbons (Fsp3) is 0.267. The van der Waals surface area contributed by atoms with Crippen LogP contribution in [0.15, 0.2) is 84.1 Å². The predicted octanol–water partition coefficient (Wildman–Crippen LogP) is 7.09. The van der Waals surface area contributed by atoms with Crippen LogP contribution in [0.25, 0.3) is 17.1 Å². The molecule has 5 rings (SSSR count). The van der Waals surface area contributed by atoms with Crippen LogP contribution in [-0.2, 0) is 5.54 Å². The van der Waals surface area contributed by atoms with Gasteiger partial charge in [0.25, 0.3) is 0 Å². The lowest BCUT2D eigenvalue weighted by Gasteiger charge is -2.31. The van der Waals surface area contributed by atoms with Crippen molar-refractivity contribution in [3.8, 4) is 22.8 Å². The van der Waals surface area contributed by atoms with Crippen molar-refractivity contribution in [2.24, 2.45) is 4.99 Å². The summed E-state index contributed by atoms with van der Waals surface area (Å²) in [6, 6.07) is 20.5. The number of amidine groups is 1. The number of alkyl halides is 3. The molecule has 3 aromatic carbocycles. The summed E-state index contributed by atoms with van der Waals surface area (Å²) < 4.78 is 42.6. The van der Waals surface area contributed by atoms with E-state index >= 15 is 0 Å². The van der Waals surface area contributed by atoms with Crippen LogP contribution in [0.4, 0.5) is 23.7 Å². The van der Waals surface area contributed by atoms with Crippen molar-refractivity contribution >= 4 is 28.6 Å². The van der Waals surface area contributed by atoms with Crippen LogP contribution in [0.5, 0.6) is 5.75 Å². The highest BCUT2D eigenvalue weighted by molar-refractivity contribution is 8.14. The number of anilines is 1. The fourth-order valence-corrected chi connectivity index (χ4v) is 5.50. The molecule has 0 bridgehead atoms. The summed E-state index contributed by atoms with van der Waals surface area (Å²) in [5.74, 6) is 1.03. The Bertz CT molecular complexity index is 1580. The van der Waals surface area contributed by atoms with Crippen LogP contribution in [0, 0.1) is 6.92 Å². The van der Waals surface area contributed by atoms with Crippen molar-refractivity contribution < 1.29 is 22.7 Å². The maximum absolute atomic E-state index is 13.1. The third kappa shape index (κ3) is 6.93. The standard InChI is InChI=1S/C30H29F3N6O2S/c1-20-7-4-5-8-25(20)38-17-6-18-42-28(38)35-27(40)36-29(2,3)22-11-9-21(10-12-22)26-34-19-39(37-26)23-13-15-24(16-14-23)41-30(31,32)33/h4-5,7-16,19H,6,17-18H2,1-3H3,(H,36,40). The molecule has 2 heterocycles. The molecule has 218 valence electrons. The van der Waals surface area contributed by atoms with E-state index in [1.165, 1.54) is 35.3 Å². The number of ether oxygens (including phenoxy) is 1. The number of para-hydroxylation sites is 1. The quantitative estimate of drug-likeness (QED) is 0.257. The van der Waals surface area contributed by atoms with Crippen molar-refractivity contribution in [1.29, 1.82) is 0 Å². The Morgan fingerprint density at radius 1 is 1.02 bits per heavy atom. The maximum Gasteiger partial charge on any atom is 0.573 e. The third-order valence-corrected chi connectivity index (χ3v) is 7.77. The molecule has 0 aliphatic carbocycles. The molecule has 1 N–H and O–H groups in total. The number of carbonyl (C=O) groups excluding carboxylic acids is 1. The first-order valence-electron chi connectivity index (χ1n) is 13.2. The number of nitrogens with zero attached hydrogens (tertiary/aromatic N) is 5. The first kappa shape index (κ1) is 29.2. The molecule has 1 aliphatic heterocycles. The number of amides is 2. The molecule has 0 radical (unpaired) electrons. The molecule has 0 atom stereocenters. The summed E-state index contributed by atoms with van der Waals surface area (Å²) in [4.78, 5) is 23.9. The predicted molar refractivity (Wildman–Crippen MR) is 158 cm³/mol. The molecule has 1 saturated heterocycles. The van der Waals surface area contributed by atoms with Gasteiger partial charge in [-0.05, 0) is 68.7 Å². The molecule has 4 aromatic rings. The van der Waals surface area contributed by atoms with Crippen molar-refractivity contribution in [3.05, 3.63) is 90.3 Å². The Hall–Kier alpha value is -4.32. The van der Waals surface area contributed by atoms with E-state index < -0.39 is 17.9 Å². The number of aliphatic imine (C=N–C) groups is 1. The summed E-state index contributed by atoms with van der Waals surface area (Å²) in [5.41, 5.74) is 3.61. The Morgan fingerprint density at radius 3 is 2.43 bits per heavy atom. The number of urea groups is 1. The van der Waals surface area contributed by atoms with Gasteiger partial charge in [0.15, 0.2) is 11.0 Å². The number of benzene rings is 3. The number of carbonyl (C=O) groups is 1. The second kappa shape index (κ2) is 11.9.